The third-order valence-corrected chi connectivity index (χ3v) is 1.50. The molecule has 3 nitrogen and oxygen atoms in total. The van der Waals surface area contributed by atoms with Gasteiger partial charge in [-0.05, 0) is 13.8 Å². The molecule has 0 amide bonds. The standard InChI is InChI=1S/C10H17NO2/c1-4-6-11(8-10(12)13)7-5-9(2)3/h4-5H,1,6-8H2,2-3H3,(H,12,13). The number of allylic oxidation sites excluding steroid dienone is 1. The molecule has 0 unspecified atom stereocenters. The summed E-state index contributed by atoms with van der Waals surface area (Å²) in [4.78, 5) is 12.2. The van der Waals surface area contributed by atoms with E-state index in [9.17, 15) is 4.79 Å². The van der Waals surface area contributed by atoms with Crippen molar-refractivity contribution in [3.8, 4) is 0 Å². The highest BCUT2D eigenvalue weighted by molar-refractivity contribution is 5.69. The first-order valence-corrected chi connectivity index (χ1v) is 4.24. The lowest BCUT2D eigenvalue weighted by Crippen LogP contribution is -2.30. The van der Waals surface area contributed by atoms with E-state index in [-0.39, 0.29) is 6.54 Å². The van der Waals surface area contributed by atoms with Crippen LogP contribution in [0.2, 0.25) is 0 Å². The van der Waals surface area contributed by atoms with Gasteiger partial charge < -0.3 is 5.11 Å². The van der Waals surface area contributed by atoms with E-state index < -0.39 is 5.97 Å². The van der Waals surface area contributed by atoms with Gasteiger partial charge in [0.1, 0.15) is 0 Å². The van der Waals surface area contributed by atoms with Gasteiger partial charge in [-0.1, -0.05) is 17.7 Å². The van der Waals surface area contributed by atoms with Crippen LogP contribution in [0.5, 0.6) is 0 Å². The Kier molecular flexibility index (Phi) is 5.89. The van der Waals surface area contributed by atoms with Gasteiger partial charge in [-0.3, -0.25) is 9.69 Å². The minimum atomic E-state index is -0.802. The van der Waals surface area contributed by atoms with Crippen molar-refractivity contribution in [1.82, 2.24) is 4.90 Å². The maximum absolute atomic E-state index is 10.4. The number of nitrogens with zero attached hydrogens (tertiary/aromatic N) is 1. The first-order valence-electron chi connectivity index (χ1n) is 4.24. The van der Waals surface area contributed by atoms with Crippen molar-refractivity contribution in [3.63, 3.8) is 0 Å². The Bertz CT molecular complexity index is 205. The van der Waals surface area contributed by atoms with Gasteiger partial charge in [0.05, 0.1) is 6.54 Å². The Balaban J connectivity index is 4.01. The molecule has 74 valence electrons. The fourth-order valence-electron chi connectivity index (χ4n) is 0.889. The Morgan fingerprint density at radius 3 is 2.46 bits per heavy atom. The Morgan fingerprint density at radius 2 is 2.08 bits per heavy atom. The van der Waals surface area contributed by atoms with Gasteiger partial charge >= 0.3 is 5.97 Å². The molecule has 0 aliphatic rings. The molecule has 1 N–H and O–H groups in total. The number of aliphatic carboxylic acids is 1. The van der Waals surface area contributed by atoms with Gasteiger partial charge in [0, 0.05) is 13.1 Å². The second-order valence-corrected chi connectivity index (χ2v) is 3.16. The molecule has 0 aromatic carbocycles. The number of carboxylic acids is 1. The molecule has 0 saturated heterocycles. The summed E-state index contributed by atoms with van der Waals surface area (Å²) in [5.41, 5.74) is 1.19. The first kappa shape index (κ1) is 11.9. The van der Waals surface area contributed by atoms with Gasteiger partial charge in [0.2, 0.25) is 0 Å². The number of carboxylic acid groups (broad SMARTS) is 1. The summed E-state index contributed by atoms with van der Waals surface area (Å²) in [7, 11) is 0. The van der Waals surface area contributed by atoms with Crippen LogP contribution in [0.25, 0.3) is 0 Å². The maximum Gasteiger partial charge on any atom is 0.317 e. The molecule has 0 aromatic heterocycles. The summed E-state index contributed by atoms with van der Waals surface area (Å²) in [5.74, 6) is -0.802. The molecular weight excluding hydrogens is 166 g/mol. The van der Waals surface area contributed by atoms with E-state index in [0.29, 0.717) is 13.1 Å². The third kappa shape index (κ3) is 7.28. The minimum absolute atomic E-state index is 0.0653. The maximum atomic E-state index is 10.4. The lowest BCUT2D eigenvalue weighted by Gasteiger charge is -2.15. The highest BCUT2D eigenvalue weighted by atomic mass is 16.4. The van der Waals surface area contributed by atoms with Gasteiger partial charge in [-0.2, -0.15) is 0 Å². The van der Waals surface area contributed by atoms with E-state index in [1.54, 1.807) is 6.08 Å². The molecule has 13 heavy (non-hydrogen) atoms. The highest BCUT2D eigenvalue weighted by Gasteiger charge is 2.05. The molecule has 0 aliphatic carbocycles. The summed E-state index contributed by atoms with van der Waals surface area (Å²) in [6, 6.07) is 0. The molecule has 0 aliphatic heterocycles. The number of hydrogen-bond acceptors (Lipinski definition) is 2. The van der Waals surface area contributed by atoms with Crippen molar-refractivity contribution in [1.29, 1.82) is 0 Å². The van der Waals surface area contributed by atoms with Crippen LogP contribution in [0.3, 0.4) is 0 Å². The lowest BCUT2D eigenvalue weighted by molar-refractivity contribution is -0.138. The zero-order valence-electron chi connectivity index (χ0n) is 8.29. The minimum Gasteiger partial charge on any atom is -0.480 e. The zero-order chi connectivity index (χ0) is 10.3. The van der Waals surface area contributed by atoms with Gasteiger partial charge in [0.25, 0.3) is 0 Å². The lowest BCUT2D eigenvalue weighted by atomic mass is 10.3. The molecule has 3 heteroatoms. The molecule has 0 fully saturated rings. The van der Waals surface area contributed by atoms with E-state index in [4.69, 9.17) is 5.11 Å². The van der Waals surface area contributed by atoms with Crippen LogP contribution in [-0.4, -0.2) is 35.6 Å². The SMILES string of the molecule is C=CCN(CC=C(C)C)CC(=O)O. The van der Waals surface area contributed by atoms with E-state index in [1.807, 2.05) is 24.8 Å². The second-order valence-electron chi connectivity index (χ2n) is 3.16. The fraction of sp³-hybridized carbons (Fsp3) is 0.500. The van der Waals surface area contributed by atoms with Crippen LogP contribution in [0.15, 0.2) is 24.3 Å². The van der Waals surface area contributed by atoms with Gasteiger partial charge in [-0.25, -0.2) is 0 Å². The molecule has 0 heterocycles. The first-order chi connectivity index (χ1) is 6.06. The summed E-state index contributed by atoms with van der Waals surface area (Å²) in [6.45, 7) is 8.91. The zero-order valence-corrected chi connectivity index (χ0v) is 8.29. The van der Waals surface area contributed by atoms with Crippen molar-refractivity contribution in [2.24, 2.45) is 0 Å². The van der Waals surface area contributed by atoms with E-state index in [1.165, 1.54) is 5.57 Å². The van der Waals surface area contributed by atoms with E-state index in [0.717, 1.165) is 0 Å². The summed E-state index contributed by atoms with van der Waals surface area (Å²) in [6.07, 6.45) is 3.72. The summed E-state index contributed by atoms with van der Waals surface area (Å²) < 4.78 is 0. The van der Waals surface area contributed by atoms with Crippen LogP contribution in [0, 0.1) is 0 Å². The molecule has 0 rings (SSSR count). The van der Waals surface area contributed by atoms with Crippen molar-refractivity contribution < 1.29 is 9.90 Å². The van der Waals surface area contributed by atoms with Crippen molar-refractivity contribution in [2.45, 2.75) is 13.8 Å². The van der Waals surface area contributed by atoms with E-state index >= 15 is 0 Å². The second kappa shape index (κ2) is 6.43. The van der Waals surface area contributed by atoms with Crippen LogP contribution >= 0.6 is 0 Å². The molecule has 0 bridgehead atoms. The van der Waals surface area contributed by atoms with Crippen molar-refractivity contribution >= 4 is 5.97 Å². The normalized spacial score (nSPS) is 9.77. The predicted molar refractivity (Wildman–Crippen MR) is 53.7 cm³/mol. The molecule has 0 atom stereocenters. The Labute approximate surface area is 79.4 Å². The van der Waals surface area contributed by atoms with Gasteiger partial charge in [0.15, 0.2) is 0 Å². The largest absolute Gasteiger partial charge is 0.480 e. The van der Waals surface area contributed by atoms with Crippen molar-refractivity contribution in [3.05, 3.63) is 24.3 Å². The monoisotopic (exact) mass is 183 g/mol. The molecule has 0 aromatic rings. The number of rotatable bonds is 6. The summed E-state index contributed by atoms with van der Waals surface area (Å²) >= 11 is 0. The molecule has 0 spiro atoms. The molecule has 0 radical (unpaired) electrons. The smallest absolute Gasteiger partial charge is 0.317 e. The van der Waals surface area contributed by atoms with Crippen LogP contribution in [0.1, 0.15) is 13.8 Å². The van der Waals surface area contributed by atoms with Crippen LogP contribution in [-0.2, 0) is 4.79 Å². The third-order valence-electron chi connectivity index (χ3n) is 1.50. The van der Waals surface area contributed by atoms with Crippen LogP contribution in [0.4, 0.5) is 0 Å². The number of carbonyl (C=O) groups is 1. The fourth-order valence-corrected chi connectivity index (χ4v) is 0.889. The predicted octanol–water partition coefficient (Wildman–Crippen LogP) is 1.53. The average Bonchev–Trinajstić information content (AvgIpc) is 1.99. The van der Waals surface area contributed by atoms with Gasteiger partial charge in [-0.15, -0.1) is 6.58 Å². The number of hydrogen-bond donors (Lipinski definition) is 1. The molecule has 0 saturated carbocycles. The van der Waals surface area contributed by atoms with E-state index in [2.05, 4.69) is 6.58 Å². The topological polar surface area (TPSA) is 40.5 Å². The van der Waals surface area contributed by atoms with Crippen LogP contribution < -0.4 is 0 Å². The average molecular weight is 183 g/mol. The Morgan fingerprint density at radius 1 is 1.46 bits per heavy atom. The molecular formula is C10H17NO2. The quantitative estimate of drug-likeness (QED) is 0.635. The highest BCUT2D eigenvalue weighted by Crippen LogP contribution is 1.93. The summed E-state index contributed by atoms with van der Waals surface area (Å²) in [5, 5.41) is 8.58. The van der Waals surface area contributed by atoms with Crippen molar-refractivity contribution in [2.75, 3.05) is 19.6 Å². The Hall–Kier alpha value is -1.09.